The molecular weight excluding hydrogens is 346 g/mol. The van der Waals surface area contributed by atoms with Crippen LogP contribution in [0.15, 0.2) is 28.7 Å². The summed E-state index contributed by atoms with van der Waals surface area (Å²) in [6, 6.07) is 8.03. The van der Waals surface area contributed by atoms with Crippen LogP contribution < -0.4 is 0 Å². The van der Waals surface area contributed by atoms with E-state index < -0.39 is 0 Å². The number of ether oxygens (including phenoxy) is 1. The van der Waals surface area contributed by atoms with Crippen molar-refractivity contribution < 1.29 is 13.9 Å². The molecule has 0 saturated carbocycles. The zero-order valence-corrected chi connectivity index (χ0v) is 14.8. The van der Waals surface area contributed by atoms with Crippen molar-refractivity contribution in [2.24, 2.45) is 0 Å². The number of amides is 1. The molecule has 22 heavy (non-hydrogen) atoms. The molecule has 0 spiro atoms. The number of benzene rings is 1. The molecule has 1 fully saturated rings. The summed E-state index contributed by atoms with van der Waals surface area (Å²) in [5.41, 5.74) is 1.70. The lowest BCUT2D eigenvalue weighted by Gasteiger charge is -2.28. The summed E-state index contributed by atoms with van der Waals surface area (Å²) >= 11 is 3.59. The fourth-order valence-corrected chi connectivity index (χ4v) is 3.10. The molecule has 1 aromatic heterocycles. The van der Waals surface area contributed by atoms with Gasteiger partial charge in [-0.2, -0.15) is 0 Å². The van der Waals surface area contributed by atoms with Crippen LogP contribution in [-0.2, 0) is 4.74 Å². The predicted octanol–water partition coefficient (Wildman–Crippen LogP) is 5.18. The first-order valence-corrected chi connectivity index (χ1v) is 8.33. The average Bonchev–Trinajstić information content (AvgIpc) is 3.00. The second kappa shape index (κ2) is 5.30. The van der Waals surface area contributed by atoms with Crippen LogP contribution in [-0.4, -0.2) is 23.1 Å². The Kier molecular flexibility index (Phi) is 3.71. The minimum Gasteiger partial charge on any atom is -0.457 e. The van der Waals surface area contributed by atoms with E-state index in [9.17, 15) is 4.79 Å². The number of carbonyl (C=O) groups is 1. The van der Waals surface area contributed by atoms with Gasteiger partial charge in [0, 0.05) is 21.3 Å². The molecule has 1 aliphatic rings. The van der Waals surface area contributed by atoms with E-state index in [1.807, 2.05) is 45.0 Å². The van der Waals surface area contributed by atoms with Crippen molar-refractivity contribution in [2.45, 2.75) is 44.2 Å². The highest BCUT2D eigenvalue weighted by atomic mass is 79.9. The van der Waals surface area contributed by atoms with E-state index in [1.165, 1.54) is 0 Å². The Balaban J connectivity index is 1.95. The van der Waals surface area contributed by atoms with E-state index in [4.69, 9.17) is 9.15 Å². The number of alkyl halides is 1. The summed E-state index contributed by atoms with van der Waals surface area (Å²) in [6.07, 6.45) is -0.635. The number of carbonyl (C=O) groups excluding carboxylic acids is 1. The number of fused-ring (bicyclic) bond motifs is 1. The van der Waals surface area contributed by atoms with Crippen molar-refractivity contribution >= 4 is 33.0 Å². The standard InChI is InChI=1S/C17H20BrNO3/c1-10(18)12-7-5-6-11-8-13(21-15(11)12)14-9-19(16(20)22-14)17(2,3)4/h5-8,10,14H,9H2,1-4H3. The summed E-state index contributed by atoms with van der Waals surface area (Å²) in [4.78, 5) is 14.0. The van der Waals surface area contributed by atoms with Crippen molar-refractivity contribution in [2.75, 3.05) is 6.54 Å². The van der Waals surface area contributed by atoms with Crippen molar-refractivity contribution in [1.29, 1.82) is 0 Å². The molecule has 5 heteroatoms. The fourth-order valence-electron chi connectivity index (χ4n) is 2.74. The average molecular weight is 366 g/mol. The maximum Gasteiger partial charge on any atom is 0.411 e. The smallest absolute Gasteiger partial charge is 0.411 e. The van der Waals surface area contributed by atoms with Gasteiger partial charge in [-0.1, -0.05) is 34.1 Å². The van der Waals surface area contributed by atoms with Crippen LogP contribution in [0.25, 0.3) is 11.0 Å². The molecule has 2 unspecified atom stereocenters. The largest absolute Gasteiger partial charge is 0.457 e. The van der Waals surface area contributed by atoms with Gasteiger partial charge in [0.2, 0.25) is 0 Å². The molecule has 118 valence electrons. The van der Waals surface area contributed by atoms with E-state index >= 15 is 0 Å². The van der Waals surface area contributed by atoms with Crippen LogP contribution in [0, 0.1) is 0 Å². The second-order valence-electron chi connectivity index (χ2n) is 6.68. The summed E-state index contributed by atoms with van der Waals surface area (Å²) in [5, 5.41) is 1.03. The molecule has 0 radical (unpaired) electrons. The number of halogens is 1. The molecule has 1 amide bonds. The van der Waals surface area contributed by atoms with Gasteiger partial charge in [-0.3, -0.25) is 4.90 Å². The maximum absolute atomic E-state index is 12.0. The lowest BCUT2D eigenvalue weighted by molar-refractivity contribution is 0.114. The number of furan rings is 1. The highest BCUT2D eigenvalue weighted by Gasteiger charge is 2.40. The monoisotopic (exact) mass is 365 g/mol. The van der Waals surface area contributed by atoms with Crippen molar-refractivity contribution in [1.82, 2.24) is 4.90 Å². The van der Waals surface area contributed by atoms with E-state index in [2.05, 4.69) is 22.9 Å². The topological polar surface area (TPSA) is 42.7 Å². The first kappa shape index (κ1) is 15.4. The molecule has 2 atom stereocenters. The SMILES string of the molecule is CC(Br)c1cccc2cc(C3CN(C(C)(C)C)C(=O)O3)oc12. The van der Waals surface area contributed by atoms with Crippen molar-refractivity contribution in [3.63, 3.8) is 0 Å². The summed E-state index contributed by atoms with van der Waals surface area (Å²) in [6.45, 7) is 8.58. The van der Waals surface area contributed by atoms with Gasteiger partial charge in [-0.25, -0.2) is 4.79 Å². The van der Waals surface area contributed by atoms with E-state index in [0.717, 1.165) is 16.5 Å². The summed E-state index contributed by atoms with van der Waals surface area (Å²) in [5.74, 6) is 0.704. The van der Waals surface area contributed by atoms with Gasteiger partial charge in [0.25, 0.3) is 0 Å². The minimum absolute atomic E-state index is 0.201. The highest BCUT2D eigenvalue weighted by Crippen LogP contribution is 2.37. The van der Waals surface area contributed by atoms with Crippen LogP contribution in [0.3, 0.4) is 0 Å². The van der Waals surface area contributed by atoms with E-state index in [0.29, 0.717) is 12.3 Å². The van der Waals surface area contributed by atoms with Gasteiger partial charge in [-0.05, 0) is 33.8 Å². The molecule has 2 aromatic rings. The predicted molar refractivity (Wildman–Crippen MR) is 89.2 cm³/mol. The normalized spacial score (nSPS) is 20.5. The number of para-hydroxylation sites is 1. The first-order valence-electron chi connectivity index (χ1n) is 7.42. The molecule has 0 N–H and O–H groups in total. The van der Waals surface area contributed by atoms with E-state index in [1.54, 1.807) is 4.90 Å². The first-order chi connectivity index (χ1) is 10.3. The van der Waals surface area contributed by atoms with Crippen LogP contribution >= 0.6 is 15.9 Å². The quantitative estimate of drug-likeness (QED) is 0.688. The molecule has 2 heterocycles. The number of nitrogens with zero attached hydrogens (tertiary/aromatic N) is 1. The Hall–Kier alpha value is -1.49. The molecular formula is C17H20BrNO3. The van der Waals surface area contributed by atoms with Crippen LogP contribution in [0.1, 0.15) is 49.9 Å². The third-order valence-corrected chi connectivity index (χ3v) is 4.45. The Morgan fingerprint density at radius 1 is 1.36 bits per heavy atom. The van der Waals surface area contributed by atoms with E-state index in [-0.39, 0.29) is 22.6 Å². The summed E-state index contributed by atoms with van der Waals surface area (Å²) < 4.78 is 11.5. The lowest BCUT2D eigenvalue weighted by Crippen LogP contribution is -2.41. The zero-order chi connectivity index (χ0) is 16.1. The number of hydrogen-bond acceptors (Lipinski definition) is 3. The zero-order valence-electron chi connectivity index (χ0n) is 13.2. The summed E-state index contributed by atoms with van der Waals surface area (Å²) in [7, 11) is 0. The van der Waals surface area contributed by atoms with Gasteiger partial charge in [0.15, 0.2) is 6.10 Å². The second-order valence-corrected chi connectivity index (χ2v) is 8.06. The number of rotatable bonds is 2. The molecule has 1 aromatic carbocycles. The Morgan fingerprint density at radius 2 is 2.09 bits per heavy atom. The van der Waals surface area contributed by atoms with Crippen molar-refractivity contribution in [3.05, 3.63) is 35.6 Å². The Morgan fingerprint density at radius 3 is 2.68 bits per heavy atom. The van der Waals surface area contributed by atoms with Gasteiger partial charge < -0.3 is 9.15 Å². The van der Waals surface area contributed by atoms with Gasteiger partial charge in [-0.15, -0.1) is 0 Å². The van der Waals surface area contributed by atoms with Gasteiger partial charge in [0.05, 0.1) is 6.54 Å². The van der Waals surface area contributed by atoms with Gasteiger partial charge in [0.1, 0.15) is 11.3 Å². The van der Waals surface area contributed by atoms with Crippen molar-refractivity contribution in [3.8, 4) is 0 Å². The minimum atomic E-state index is -0.349. The molecule has 0 aliphatic carbocycles. The third kappa shape index (κ3) is 2.62. The maximum atomic E-state index is 12.0. The number of cyclic esters (lactones) is 1. The molecule has 4 nitrogen and oxygen atoms in total. The molecule has 0 bridgehead atoms. The molecule has 1 saturated heterocycles. The van der Waals surface area contributed by atoms with Crippen LogP contribution in [0.4, 0.5) is 4.79 Å². The highest BCUT2D eigenvalue weighted by molar-refractivity contribution is 9.09. The molecule has 1 aliphatic heterocycles. The Labute approximate surface area is 138 Å². The van der Waals surface area contributed by atoms with Gasteiger partial charge >= 0.3 is 6.09 Å². The van der Waals surface area contributed by atoms with Crippen LogP contribution in [0.2, 0.25) is 0 Å². The third-order valence-electron chi connectivity index (χ3n) is 3.96. The fraction of sp³-hybridized carbons (Fsp3) is 0.471. The lowest BCUT2D eigenvalue weighted by atomic mass is 10.1. The number of hydrogen-bond donors (Lipinski definition) is 0. The van der Waals surface area contributed by atoms with Crippen LogP contribution in [0.5, 0.6) is 0 Å². The Bertz CT molecular complexity index is 714. The molecule has 3 rings (SSSR count).